The molecule has 6 heterocycles. The van der Waals surface area contributed by atoms with E-state index in [0.717, 1.165) is 78.9 Å². The van der Waals surface area contributed by atoms with Gasteiger partial charge in [-0.3, -0.25) is 0 Å². The Labute approximate surface area is 698 Å². The average Bonchev–Trinajstić information content (AvgIpc) is 0.728. The number of rotatable bonds is 12. The lowest BCUT2D eigenvalue weighted by Crippen LogP contribution is -2.30. The van der Waals surface area contributed by atoms with Gasteiger partial charge < -0.3 is 19.6 Å². The van der Waals surface area contributed by atoms with Gasteiger partial charge in [0.15, 0.2) is 34.9 Å². The normalized spacial score (nSPS) is 13.1. The summed E-state index contributed by atoms with van der Waals surface area (Å²) in [5.74, 6) is 3.87. The number of fused-ring (bicyclic) bond motifs is 8. The lowest BCUT2D eigenvalue weighted by atomic mass is 9.73. The molecule has 0 saturated heterocycles. The molecule has 560 valence electrons. The predicted molar refractivity (Wildman–Crippen MR) is 486 cm³/mol. The first kappa shape index (κ1) is 71.6. The number of hydrogen-bond donors (Lipinski definition) is 0. The van der Waals surface area contributed by atoms with Crippen LogP contribution in [0.5, 0.6) is 0 Å². The Kier molecular flexibility index (Phi) is 18.5. The summed E-state index contributed by atoms with van der Waals surface area (Å²) in [5.41, 5.74) is 26.8. The summed E-state index contributed by atoms with van der Waals surface area (Å²) in [6.45, 7) is 4.70. The second kappa shape index (κ2) is 30.5. The van der Waals surface area contributed by atoms with Crippen LogP contribution in [0.4, 0.5) is 68.2 Å². The van der Waals surface area contributed by atoms with Crippen molar-refractivity contribution in [2.75, 3.05) is 19.6 Å². The van der Waals surface area contributed by atoms with E-state index in [-0.39, 0.29) is 5.41 Å². The van der Waals surface area contributed by atoms with E-state index in [1.807, 2.05) is 157 Å². The number of para-hydroxylation sites is 6. The molecule has 0 aliphatic carbocycles. The van der Waals surface area contributed by atoms with E-state index in [4.69, 9.17) is 29.9 Å². The summed E-state index contributed by atoms with van der Waals surface area (Å²) in [7, 11) is 0. The van der Waals surface area contributed by atoms with Gasteiger partial charge in [-0.1, -0.05) is 286 Å². The zero-order valence-electron chi connectivity index (χ0n) is 64.3. The number of hydrogen-bond acceptors (Lipinski definition) is 13. The summed E-state index contributed by atoms with van der Waals surface area (Å²) in [4.78, 5) is 46.5. The third-order valence-electron chi connectivity index (χ3n) is 22.2. The van der Waals surface area contributed by atoms with Gasteiger partial charge in [-0.15, -0.1) is 0 Å². The Morgan fingerprint density at radius 3 is 0.729 bits per heavy atom. The molecular formula is C105H72N10S3. The van der Waals surface area contributed by atoms with E-state index in [2.05, 4.69) is 312 Å². The lowest BCUT2D eigenvalue weighted by molar-refractivity contribution is 0.632. The summed E-state index contributed by atoms with van der Waals surface area (Å²) in [6, 6.07) is 141. The zero-order chi connectivity index (χ0) is 78.6. The van der Waals surface area contributed by atoms with Gasteiger partial charge in [0.2, 0.25) is 0 Å². The fraction of sp³-hybridized carbons (Fsp3) is 0.0286. The molecule has 0 spiro atoms. The Hall–Kier alpha value is -14.2. The van der Waals surface area contributed by atoms with Gasteiger partial charge in [0.05, 0.1) is 45.5 Å². The first-order chi connectivity index (χ1) is 58.2. The van der Waals surface area contributed by atoms with Crippen LogP contribution in [0.1, 0.15) is 25.0 Å². The number of anilines is 12. The minimum atomic E-state index is -0.189. The van der Waals surface area contributed by atoms with E-state index in [0.29, 0.717) is 34.9 Å². The summed E-state index contributed by atoms with van der Waals surface area (Å²) < 4.78 is 0. The highest BCUT2D eigenvalue weighted by atomic mass is 32.2. The van der Waals surface area contributed by atoms with Crippen LogP contribution in [0.3, 0.4) is 0 Å². The van der Waals surface area contributed by atoms with E-state index in [9.17, 15) is 0 Å². The molecule has 0 radical (unpaired) electrons. The minimum absolute atomic E-state index is 0.189. The van der Waals surface area contributed by atoms with Gasteiger partial charge in [-0.2, -0.15) is 0 Å². The van der Waals surface area contributed by atoms with Crippen molar-refractivity contribution in [3.63, 3.8) is 0 Å². The van der Waals surface area contributed by atoms with Crippen molar-refractivity contribution in [1.82, 2.24) is 29.9 Å². The Morgan fingerprint density at radius 2 is 0.398 bits per heavy atom. The van der Waals surface area contributed by atoms with Gasteiger partial charge in [0.1, 0.15) is 0 Å². The minimum Gasteiger partial charge on any atom is -0.310 e. The van der Waals surface area contributed by atoms with Crippen molar-refractivity contribution in [2.45, 2.75) is 48.6 Å². The molecule has 0 fully saturated rings. The van der Waals surface area contributed by atoms with Crippen molar-refractivity contribution >= 4 is 104 Å². The topological polar surface area (TPSA) is 90.3 Å². The number of aromatic nitrogens is 6. The maximum absolute atomic E-state index is 4.98. The summed E-state index contributed by atoms with van der Waals surface area (Å²) in [6.07, 6.45) is 0. The highest BCUT2D eigenvalue weighted by molar-refractivity contribution is 8.00. The third kappa shape index (κ3) is 13.4. The van der Waals surface area contributed by atoms with Crippen LogP contribution in [0.2, 0.25) is 0 Å². The molecule has 18 aromatic rings. The average molecular weight is 1570 g/mol. The molecule has 0 unspecified atom stereocenters. The molecule has 13 heteroatoms. The highest BCUT2D eigenvalue weighted by Gasteiger charge is 2.38. The van der Waals surface area contributed by atoms with Crippen LogP contribution in [-0.4, -0.2) is 29.9 Å². The van der Waals surface area contributed by atoms with Crippen LogP contribution in [0.15, 0.2) is 430 Å². The lowest BCUT2D eigenvalue weighted by Gasteiger charge is -2.42. The van der Waals surface area contributed by atoms with Crippen LogP contribution < -0.4 is 19.6 Å². The van der Waals surface area contributed by atoms with Gasteiger partial charge in [-0.25, -0.2) is 29.9 Å². The number of benzene rings is 16. The molecule has 0 amide bonds. The number of nitrogens with zero attached hydrogens (tertiary/aromatic N) is 10. The van der Waals surface area contributed by atoms with E-state index < -0.39 is 0 Å². The third-order valence-corrected chi connectivity index (χ3v) is 25.5. The molecule has 4 aliphatic heterocycles. The van der Waals surface area contributed by atoms with Gasteiger partial charge >= 0.3 is 0 Å². The molecule has 0 bridgehead atoms. The summed E-state index contributed by atoms with van der Waals surface area (Å²) in [5, 5.41) is 0. The molecule has 0 atom stereocenters. The molecule has 118 heavy (non-hydrogen) atoms. The molecular weight excluding hydrogens is 1500 g/mol. The van der Waals surface area contributed by atoms with Crippen LogP contribution in [-0.2, 0) is 5.41 Å². The summed E-state index contributed by atoms with van der Waals surface area (Å²) >= 11 is 5.49. The largest absolute Gasteiger partial charge is 0.310 e. The van der Waals surface area contributed by atoms with Crippen molar-refractivity contribution in [3.05, 3.63) is 412 Å². The van der Waals surface area contributed by atoms with Gasteiger partial charge in [-0.05, 0) is 197 Å². The molecule has 0 N–H and O–H groups in total. The molecule has 10 nitrogen and oxygen atoms in total. The van der Waals surface area contributed by atoms with E-state index in [1.165, 1.54) is 85.5 Å². The SMILES string of the molecule is CC1(C)c2ccccc2N(c2ccccc2)c2ccc(-c3ccc4c(c3)Sc3ccccc3N4c3ccc(-c4nc(-c5ccccc5)nc(-c5ccccc5)n4)cc3)cc21.c1ccc(-c2nc(-c3ccccc3)nc(-c3ccc(N4c5ccccc5Sc5cc(-c6ccc7c(c6)Sc6ccccc6N7c6ccccc6)ccc54)cc3)n2)cc1. The Morgan fingerprint density at radius 1 is 0.178 bits per heavy atom. The first-order valence-corrected chi connectivity index (χ1v) is 41.9. The van der Waals surface area contributed by atoms with Gasteiger partial charge in [0, 0.05) is 90.9 Å². The fourth-order valence-electron chi connectivity index (χ4n) is 16.4. The Bertz CT molecular complexity index is 6710. The molecule has 16 aromatic carbocycles. The predicted octanol–water partition coefficient (Wildman–Crippen LogP) is 29.0. The Balaban J connectivity index is 0.000000147. The van der Waals surface area contributed by atoms with Crippen LogP contribution in [0, 0.1) is 0 Å². The van der Waals surface area contributed by atoms with E-state index in [1.54, 1.807) is 0 Å². The van der Waals surface area contributed by atoms with Crippen molar-refractivity contribution < 1.29 is 0 Å². The molecule has 0 saturated carbocycles. The molecule has 22 rings (SSSR count). The van der Waals surface area contributed by atoms with E-state index >= 15 is 0 Å². The fourth-order valence-corrected chi connectivity index (χ4v) is 19.6. The zero-order valence-corrected chi connectivity index (χ0v) is 66.8. The molecule has 4 aliphatic rings. The standard InChI is InChI=1S/C54H39N5S.C51H33N5S2/c1-54(2)43-22-12-13-23-45(43)58(41-20-10-5-11-21-41)46-32-28-39(34-44(46)54)40-29-33-48-50(35-40)60-49-25-15-14-24-47(49)59(48)42-30-26-38(27-31-42)53-56-51(36-16-6-3-7-17-36)55-52(57-53)37-18-8-4-9-19-37;1-4-14-34(15-5-1)49-52-50(35-16-6-2-7-17-35)54-51(53-49)36-24-28-40(29-25-36)56-42-21-11-13-23-46(42)58-48-33-38(27-31-44(48)56)37-26-30-43-47(32-37)57-45-22-12-10-20-41(45)55(43)39-18-8-3-9-19-39/h3-35H,1-2H3;1-33H. The van der Waals surface area contributed by atoms with Gasteiger partial charge in [0.25, 0.3) is 0 Å². The molecule has 2 aromatic heterocycles. The second-order valence-corrected chi connectivity index (χ2v) is 33.1. The van der Waals surface area contributed by atoms with Crippen molar-refractivity contribution in [1.29, 1.82) is 0 Å². The maximum Gasteiger partial charge on any atom is 0.164 e. The monoisotopic (exact) mass is 1570 g/mol. The van der Waals surface area contributed by atoms with Crippen LogP contribution >= 0.6 is 35.3 Å². The van der Waals surface area contributed by atoms with Crippen LogP contribution in [0.25, 0.3) is 90.6 Å². The highest BCUT2D eigenvalue weighted by Crippen LogP contribution is 2.58. The van der Waals surface area contributed by atoms with Crippen molar-refractivity contribution in [3.8, 4) is 90.6 Å². The second-order valence-electron chi connectivity index (χ2n) is 29.8. The smallest absolute Gasteiger partial charge is 0.164 e. The maximum atomic E-state index is 4.98. The van der Waals surface area contributed by atoms with Crippen molar-refractivity contribution in [2.24, 2.45) is 0 Å². The quantitative estimate of drug-likeness (QED) is 0.116. The first-order valence-electron chi connectivity index (χ1n) is 39.5.